The first-order valence-corrected chi connectivity index (χ1v) is 12.4. The molecule has 2 aromatic carbocycles. The summed E-state index contributed by atoms with van der Waals surface area (Å²) in [5.74, 6) is -1.43. The lowest BCUT2D eigenvalue weighted by Gasteiger charge is -2.47. The Morgan fingerprint density at radius 3 is 2.38 bits per heavy atom. The molecule has 7 nitrogen and oxygen atoms in total. The highest BCUT2D eigenvalue weighted by Crippen LogP contribution is 2.43. The number of aromatic nitrogens is 1. The molecule has 178 valence electrons. The molecule has 0 spiro atoms. The number of carboxylic acid groups (broad SMARTS) is 1. The molecule has 2 aliphatic rings. The van der Waals surface area contributed by atoms with Gasteiger partial charge in [0.1, 0.15) is 6.04 Å². The lowest BCUT2D eigenvalue weighted by atomic mass is 9.80. The second-order valence-electron chi connectivity index (χ2n) is 10.6. The van der Waals surface area contributed by atoms with E-state index in [-0.39, 0.29) is 12.3 Å². The Labute approximate surface area is 203 Å². The summed E-state index contributed by atoms with van der Waals surface area (Å²) in [6.07, 6.45) is 0.498. The normalized spacial score (nSPS) is 17.5. The van der Waals surface area contributed by atoms with Crippen LogP contribution in [0.5, 0.6) is 0 Å². The van der Waals surface area contributed by atoms with E-state index in [1.54, 1.807) is 7.05 Å². The van der Waals surface area contributed by atoms with Crippen molar-refractivity contribution in [3.8, 4) is 0 Å². The quantitative estimate of drug-likeness (QED) is 0.507. The summed E-state index contributed by atoms with van der Waals surface area (Å²) in [4.78, 5) is 33.9. The molecule has 34 heavy (non-hydrogen) atoms. The van der Waals surface area contributed by atoms with Crippen LogP contribution in [0.15, 0.2) is 42.5 Å². The highest BCUT2D eigenvalue weighted by atomic mass is 32.1. The summed E-state index contributed by atoms with van der Waals surface area (Å²) in [6.45, 7) is 2.04. The first kappa shape index (κ1) is 22.8. The fraction of sp³-hybridized carbons (Fsp3) is 0.423. The van der Waals surface area contributed by atoms with Crippen molar-refractivity contribution in [2.75, 3.05) is 51.1 Å². The minimum Gasteiger partial charge on any atom is -0.550 e. The average Bonchev–Trinajstić information content (AvgIpc) is 3.31. The monoisotopic (exact) mass is 478 g/mol. The maximum absolute atomic E-state index is 13.7. The zero-order valence-corrected chi connectivity index (χ0v) is 20.9. The van der Waals surface area contributed by atoms with Crippen molar-refractivity contribution in [1.29, 1.82) is 0 Å². The number of quaternary nitrogens is 1. The van der Waals surface area contributed by atoms with Crippen molar-refractivity contribution in [1.82, 2.24) is 4.98 Å². The van der Waals surface area contributed by atoms with Crippen molar-refractivity contribution in [2.24, 2.45) is 5.41 Å². The number of hydrogen-bond donors (Lipinski definition) is 0. The van der Waals surface area contributed by atoms with Gasteiger partial charge in [-0.3, -0.25) is 9.69 Å². The Bertz CT molecular complexity index is 1250. The predicted molar refractivity (Wildman–Crippen MR) is 133 cm³/mol. The molecule has 1 saturated heterocycles. The molecular weight excluding hydrogens is 448 g/mol. The maximum atomic E-state index is 13.7. The highest BCUT2D eigenvalue weighted by molar-refractivity contribution is 7.22. The molecule has 0 unspecified atom stereocenters. The number of nitrogens with zero attached hydrogens (tertiary/aromatic N) is 4. The van der Waals surface area contributed by atoms with Crippen LogP contribution in [0.2, 0.25) is 0 Å². The van der Waals surface area contributed by atoms with Gasteiger partial charge >= 0.3 is 0 Å². The molecule has 2 heterocycles. The maximum Gasteiger partial charge on any atom is 0.235 e. The number of amides is 1. The molecule has 1 aromatic heterocycles. The first-order chi connectivity index (χ1) is 16.1. The number of fused-ring (bicyclic) bond motifs is 2. The minimum atomic E-state index is -1.20. The minimum absolute atomic E-state index is 0.222. The van der Waals surface area contributed by atoms with Crippen molar-refractivity contribution in [3.63, 3.8) is 0 Å². The van der Waals surface area contributed by atoms with E-state index in [1.807, 2.05) is 30.3 Å². The summed E-state index contributed by atoms with van der Waals surface area (Å²) in [7, 11) is 8.37. The molecule has 0 saturated carbocycles. The number of carbonyl (C=O) groups excluding carboxylic acids is 2. The number of anilines is 2. The van der Waals surface area contributed by atoms with E-state index in [4.69, 9.17) is 4.98 Å². The standard InChI is InChI=1S/C26H30N4O3S/c1-28(24(33)26(14-23(31)32)12-17-7-5-6-8-18(17)13-26)25-27-21-10-9-19(11-22(21)34-25)29-15-20(16-29)30(2,3)4/h5-11,20H,12-16H2,1-4H3. The van der Waals surface area contributed by atoms with Crippen molar-refractivity contribution in [3.05, 3.63) is 53.6 Å². The number of carbonyl (C=O) groups is 2. The van der Waals surface area contributed by atoms with Crippen LogP contribution in [0.4, 0.5) is 10.8 Å². The fourth-order valence-electron chi connectivity index (χ4n) is 5.16. The third kappa shape index (κ3) is 3.95. The van der Waals surface area contributed by atoms with Gasteiger partial charge in [-0.25, -0.2) is 4.98 Å². The van der Waals surface area contributed by atoms with Crippen LogP contribution in [0.25, 0.3) is 10.2 Å². The van der Waals surface area contributed by atoms with E-state index in [9.17, 15) is 14.7 Å². The van der Waals surface area contributed by atoms with Gasteiger partial charge in [-0.1, -0.05) is 35.6 Å². The number of rotatable bonds is 6. The van der Waals surface area contributed by atoms with Crippen LogP contribution >= 0.6 is 11.3 Å². The van der Waals surface area contributed by atoms with Crippen LogP contribution in [0, 0.1) is 5.41 Å². The smallest absolute Gasteiger partial charge is 0.235 e. The van der Waals surface area contributed by atoms with E-state index in [0.717, 1.165) is 38.9 Å². The zero-order valence-electron chi connectivity index (χ0n) is 20.1. The number of benzene rings is 2. The Morgan fingerprint density at radius 2 is 1.79 bits per heavy atom. The topological polar surface area (TPSA) is 76.6 Å². The molecule has 0 N–H and O–H groups in total. The Kier molecular flexibility index (Phi) is 5.41. The molecule has 3 aromatic rings. The van der Waals surface area contributed by atoms with E-state index in [0.29, 0.717) is 24.0 Å². The van der Waals surface area contributed by atoms with Crippen LogP contribution in [-0.4, -0.2) is 68.7 Å². The van der Waals surface area contributed by atoms with Gasteiger partial charge in [0.05, 0.1) is 49.9 Å². The highest BCUT2D eigenvalue weighted by Gasteiger charge is 2.46. The third-order valence-corrected chi connectivity index (χ3v) is 8.48. The first-order valence-electron chi connectivity index (χ1n) is 11.6. The van der Waals surface area contributed by atoms with Crippen molar-refractivity contribution < 1.29 is 19.2 Å². The molecule has 8 heteroatoms. The van der Waals surface area contributed by atoms with Gasteiger partial charge < -0.3 is 19.3 Å². The van der Waals surface area contributed by atoms with Gasteiger partial charge in [0.2, 0.25) is 5.91 Å². The summed E-state index contributed by atoms with van der Waals surface area (Å²) in [6, 6.07) is 14.6. The summed E-state index contributed by atoms with van der Waals surface area (Å²) >= 11 is 1.47. The average molecular weight is 479 g/mol. The van der Waals surface area contributed by atoms with Crippen LogP contribution in [0.1, 0.15) is 17.5 Å². The molecule has 0 bridgehead atoms. The molecule has 1 amide bonds. The van der Waals surface area contributed by atoms with Crippen LogP contribution < -0.4 is 14.9 Å². The van der Waals surface area contributed by atoms with Gasteiger partial charge in [-0.05, 0) is 42.2 Å². The number of likely N-dealkylation sites (N-methyl/N-ethyl adjacent to an activating group) is 1. The zero-order chi connectivity index (χ0) is 24.3. The fourth-order valence-corrected chi connectivity index (χ4v) is 6.12. The van der Waals surface area contributed by atoms with Gasteiger partial charge in [0.25, 0.3) is 0 Å². The van der Waals surface area contributed by atoms with Gasteiger partial charge in [-0.15, -0.1) is 0 Å². The molecule has 0 atom stereocenters. The molecular formula is C26H30N4O3S. The lowest BCUT2D eigenvalue weighted by Crippen LogP contribution is -2.64. The second kappa shape index (κ2) is 8.06. The van der Waals surface area contributed by atoms with Crippen molar-refractivity contribution >= 4 is 44.2 Å². The molecule has 1 aliphatic carbocycles. The van der Waals surface area contributed by atoms with Crippen LogP contribution in [-0.2, 0) is 22.4 Å². The van der Waals surface area contributed by atoms with E-state index >= 15 is 0 Å². The Morgan fingerprint density at radius 1 is 1.15 bits per heavy atom. The third-order valence-electron chi connectivity index (χ3n) is 7.39. The summed E-state index contributed by atoms with van der Waals surface area (Å²) < 4.78 is 1.97. The summed E-state index contributed by atoms with van der Waals surface area (Å²) in [5.41, 5.74) is 3.03. The van der Waals surface area contributed by atoms with Gasteiger partial charge in [-0.2, -0.15) is 0 Å². The predicted octanol–water partition coefficient (Wildman–Crippen LogP) is 2.08. The number of hydrogen-bond acceptors (Lipinski definition) is 6. The molecule has 1 fully saturated rings. The summed E-state index contributed by atoms with van der Waals surface area (Å²) in [5, 5.41) is 12.2. The lowest BCUT2D eigenvalue weighted by molar-refractivity contribution is -0.896. The SMILES string of the molecule is CN(C(=O)C1(CC(=O)[O-])Cc2ccccc2C1)c1nc2ccc(N3CC([N+](C)(C)C)C3)cc2s1. The van der Waals surface area contributed by atoms with Crippen LogP contribution in [0.3, 0.4) is 0 Å². The van der Waals surface area contributed by atoms with E-state index in [2.05, 4.69) is 38.2 Å². The second-order valence-corrected chi connectivity index (χ2v) is 11.6. The Balaban J connectivity index is 1.39. The van der Waals surface area contributed by atoms with Gasteiger partial charge in [0.15, 0.2) is 5.13 Å². The van der Waals surface area contributed by atoms with E-state index in [1.165, 1.54) is 21.9 Å². The number of thiazole rings is 1. The van der Waals surface area contributed by atoms with Gasteiger partial charge in [0, 0.05) is 25.1 Å². The van der Waals surface area contributed by atoms with E-state index < -0.39 is 11.4 Å². The van der Waals surface area contributed by atoms with Crippen molar-refractivity contribution in [2.45, 2.75) is 25.3 Å². The molecule has 0 radical (unpaired) electrons. The Hall–Kier alpha value is -2.97. The molecule has 1 aliphatic heterocycles. The largest absolute Gasteiger partial charge is 0.550 e. The number of carboxylic acids is 1. The molecule has 5 rings (SSSR count). The number of aliphatic carboxylic acids is 1.